The van der Waals surface area contributed by atoms with Crippen LogP contribution in [0, 0.1) is 0 Å². The first-order valence-electron chi connectivity index (χ1n) is 5.64. The smallest absolute Gasteiger partial charge is 0.147 e. The van der Waals surface area contributed by atoms with E-state index in [1.807, 2.05) is 6.20 Å². The lowest BCUT2D eigenvalue weighted by molar-refractivity contribution is 0.545. The highest BCUT2D eigenvalue weighted by molar-refractivity contribution is 7.12. The quantitative estimate of drug-likeness (QED) is 0.801. The zero-order chi connectivity index (χ0) is 11.8. The van der Waals surface area contributed by atoms with Crippen LogP contribution in [-0.2, 0) is 11.8 Å². The average Bonchev–Trinajstić information content (AvgIpc) is 2.64. The van der Waals surface area contributed by atoms with Gasteiger partial charge in [0.2, 0.25) is 0 Å². The minimum Gasteiger partial charge on any atom is -0.237 e. The van der Waals surface area contributed by atoms with E-state index in [0.717, 1.165) is 34.6 Å². The molecule has 0 fully saturated rings. The summed E-state index contributed by atoms with van der Waals surface area (Å²) in [6.07, 6.45) is 3.99. The zero-order valence-corrected chi connectivity index (χ0v) is 11.1. The minimum atomic E-state index is 0.000666. The van der Waals surface area contributed by atoms with Crippen LogP contribution in [0.25, 0.3) is 10.2 Å². The summed E-state index contributed by atoms with van der Waals surface area (Å²) in [6, 6.07) is 0. The number of hydrogen-bond donors (Lipinski definition) is 0. The number of fused-ring (bicyclic) bond motifs is 1. The largest absolute Gasteiger partial charge is 0.237 e. The lowest BCUT2D eigenvalue weighted by Crippen LogP contribution is -2.17. The monoisotopic (exact) mass is 235 g/mol. The molecule has 0 unspecified atom stereocenters. The van der Waals surface area contributed by atoms with Crippen LogP contribution in [0.5, 0.6) is 0 Å². The Kier molecular flexibility index (Phi) is 2.93. The highest BCUT2D eigenvalue weighted by atomic mass is 32.1. The van der Waals surface area contributed by atoms with E-state index in [-0.39, 0.29) is 5.41 Å². The molecule has 0 saturated carbocycles. The first-order chi connectivity index (χ1) is 7.52. The van der Waals surface area contributed by atoms with Crippen molar-refractivity contribution in [2.45, 2.75) is 46.0 Å². The number of rotatable bonds is 2. The van der Waals surface area contributed by atoms with E-state index in [1.54, 1.807) is 0 Å². The molecule has 0 aliphatic rings. The first-order valence-corrected chi connectivity index (χ1v) is 6.41. The molecule has 2 aromatic heterocycles. The molecule has 2 aromatic rings. The van der Waals surface area contributed by atoms with E-state index in [0.29, 0.717) is 0 Å². The zero-order valence-electron chi connectivity index (χ0n) is 10.2. The molecule has 0 spiro atoms. The second-order valence-corrected chi connectivity index (χ2v) is 5.82. The van der Waals surface area contributed by atoms with Gasteiger partial charge in [0.25, 0.3) is 0 Å². The van der Waals surface area contributed by atoms with Crippen LogP contribution < -0.4 is 0 Å². The summed E-state index contributed by atoms with van der Waals surface area (Å²) < 4.78 is 4.21. The Morgan fingerprint density at radius 1 is 1.25 bits per heavy atom. The normalized spacial score (nSPS) is 12.2. The molecule has 2 rings (SSSR count). The maximum Gasteiger partial charge on any atom is 0.147 e. The molecular weight excluding hydrogens is 218 g/mol. The number of nitrogens with zero attached hydrogens (tertiary/aromatic N) is 3. The Hall–Kier alpha value is -1.03. The molecular formula is C12H17N3S. The van der Waals surface area contributed by atoms with Gasteiger partial charge in [0.1, 0.15) is 10.7 Å². The van der Waals surface area contributed by atoms with Crippen molar-refractivity contribution in [1.82, 2.24) is 14.3 Å². The van der Waals surface area contributed by atoms with Crippen molar-refractivity contribution in [3.8, 4) is 0 Å². The van der Waals surface area contributed by atoms with E-state index in [4.69, 9.17) is 0 Å². The third-order valence-electron chi connectivity index (χ3n) is 2.47. The van der Waals surface area contributed by atoms with E-state index >= 15 is 0 Å². The summed E-state index contributed by atoms with van der Waals surface area (Å²) in [7, 11) is 0. The lowest BCUT2D eigenvalue weighted by atomic mass is 9.95. The SMILES string of the molecule is CCCc1nc(C(C)(C)C)nc2sncc12. The van der Waals surface area contributed by atoms with Crippen molar-refractivity contribution in [3.05, 3.63) is 17.7 Å². The second kappa shape index (κ2) is 4.09. The molecule has 4 heteroatoms. The topological polar surface area (TPSA) is 38.7 Å². The van der Waals surface area contributed by atoms with Gasteiger partial charge in [-0.05, 0) is 18.0 Å². The van der Waals surface area contributed by atoms with Crippen LogP contribution in [0.1, 0.15) is 45.6 Å². The fourth-order valence-corrected chi connectivity index (χ4v) is 2.24. The third kappa shape index (κ3) is 2.07. The van der Waals surface area contributed by atoms with Crippen LogP contribution in [0.2, 0.25) is 0 Å². The maximum absolute atomic E-state index is 4.69. The summed E-state index contributed by atoms with van der Waals surface area (Å²) in [5.74, 6) is 0.924. The minimum absolute atomic E-state index is 0.000666. The van der Waals surface area contributed by atoms with Gasteiger partial charge in [-0.15, -0.1) is 0 Å². The lowest BCUT2D eigenvalue weighted by Gasteiger charge is -2.17. The average molecular weight is 235 g/mol. The van der Waals surface area contributed by atoms with Crippen LogP contribution >= 0.6 is 11.5 Å². The predicted molar refractivity (Wildman–Crippen MR) is 67.9 cm³/mol. The van der Waals surface area contributed by atoms with Gasteiger partial charge in [0, 0.05) is 5.41 Å². The molecule has 0 N–H and O–H groups in total. The van der Waals surface area contributed by atoms with Gasteiger partial charge in [-0.1, -0.05) is 34.1 Å². The van der Waals surface area contributed by atoms with Gasteiger partial charge in [0.05, 0.1) is 17.3 Å². The van der Waals surface area contributed by atoms with Gasteiger partial charge in [-0.25, -0.2) is 9.97 Å². The molecule has 0 bridgehead atoms. The maximum atomic E-state index is 4.69. The Bertz CT molecular complexity index is 496. The molecule has 0 saturated heterocycles. The summed E-state index contributed by atoms with van der Waals surface area (Å²) in [5.41, 5.74) is 1.15. The Morgan fingerprint density at radius 3 is 2.62 bits per heavy atom. The van der Waals surface area contributed by atoms with Crippen LogP contribution in [-0.4, -0.2) is 14.3 Å². The van der Waals surface area contributed by atoms with Gasteiger partial charge in [-0.3, -0.25) is 0 Å². The van der Waals surface area contributed by atoms with Crippen LogP contribution in [0.4, 0.5) is 0 Å². The molecule has 0 aromatic carbocycles. The van der Waals surface area contributed by atoms with Crippen molar-refractivity contribution in [3.63, 3.8) is 0 Å². The number of aromatic nitrogens is 3. The van der Waals surface area contributed by atoms with E-state index in [1.165, 1.54) is 11.5 Å². The van der Waals surface area contributed by atoms with Gasteiger partial charge < -0.3 is 0 Å². The predicted octanol–water partition coefficient (Wildman–Crippen LogP) is 3.34. The molecule has 0 aliphatic carbocycles. The second-order valence-electron chi connectivity index (χ2n) is 5.04. The molecule has 86 valence electrons. The highest BCUT2D eigenvalue weighted by Gasteiger charge is 2.20. The highest BCUT2D eigenvalue weighted by Crippen LogP contribution is 2.25. The molecule has 0 amide bonds. The summed E-state index contributed by atoms with van der Waals surface area (Å²) in [4.78, 5) is 10.3. The summed E-state index contributed by atoms with van der Waals surface area (Å²) >= 11 is 1.46. The van der Waals surface area contributed by atoms with E-state index < -0.39 is 0 Å². The van der Waals surface area contributed by atoms with Crippen LogP contribution in [0.3, 0.4) is 0 Å². The Balaban J connectivity index is 2.61. The fourth-order valence-electron chi connectivity index (χ4n) is 1.58. The molecule has 2 heterocycles. The molecule has 0 radical (unpaired) electrons. The number of aryl methyl sites for hydroxylation is 1. The van der Waals surface area contributed by atoms with E-state index in [9.17, 15) is 0 Å². The van der Waals surface area contributed by atoms with Crippen molar-refractivity contribution in [1.29, 1.82) is 0 Å². The third-order valence-corrected chi connectivity index (χ3v) is 3.16. The van der Waals surface area contributed by atoms with Gasteiger partial charge >= 0.3 is 0 Å². The van der Waals surface area contributed by atoms with E-state index in [2.05, 4.69) is 42.0 Å². The summed E-state index contributed by atoms with van der Waals surface area (Å²) in [6.45, 7) is 8.60. The Morgan fingerprint density at radius 2 is 2.00 bits per heavy atom. The molecule has 0 atom stereocenters. The van der Waals surface area contributed by atoms with Gasteiger partial charge in [0.15, 0.2) is 0 Å². The van der Waals surface area contributed by atoms with Crippen LogP contribution in [0.15, 0.2) is 6.20 Å². The Labute approximate surface area is 100 Å². The standard InChI is InChI=1S/C12H17N3S/c1-5-6-9-8-7-13-16-10(8)15-11(14-9)12(2,3)4/h7H,5-6H2,1-4H3. The van der Waals surface area contributed by atoms with Crippen molar-refractivity contribution in [2.75, 3.05) is 0 Å². The molecule has 16 heavy (non-hydrogen) atoms. The molecule has 0 aliphatic heterocycles. The van der Waals surface area contributed by atoms with Crippen molar-refractivity contribution >= 4 is 21.7 Å². The summed E-state index contributed by atoms with van der Waals surface area (Å²) in [5, 5.41) is 1.12. The van der Waals surface area contributed by atoms with Crippen molar-refractivity contribution < 1.29 is 0 Å². The van der Waals surface area contributed by atoms with Gasteiger partial charge in [-0.2, -0.15) is 4.37 Å². The molecule has 3 nitrogen and oxygen atoms in total. The fraction of sp³-hybridized carbons (Fsp3) is 0.583. The number of hydrogen-bond acceptors (Lipinski definition) is 4. The van der Waals surface area contributed by atoms with Crippen molar-refractivity contribution in [2.24, 2.45) is 0 Å². The first kappa shape index (κ1) is 11.5.